The average Bonchev–Trinajstić information content (AvgIpc) is 2.81. The molecule has 0 radical (unpaired) electrons. The molecule has 0 fully saturated rings. The third-order valence-corrected chi connectivity index (χ3v) is 3.56. The molecule has 1 atom stereocenters. The third kappa shape index (κ3) is 2.65. The molecule has 0 aliphatic heterocycles. The van der Waals surface area contributed by atoms with Crippen LogP contribution in [0.25, 0.3) is 0 Å². The maximum atomic E-state index is 10.7. The van der Waals surface area contributed by atoms with Gasteiger partial charge in [-0.05, 0) is 26.0 Å². The molecule has 0 aliphatic carbocycles. The van der Waals surface area contributed by atoms with Gasteiger partial charge in [-0.1, -0.05) is 0 Å². The number of nitro groups is 1. The Bertz CT molecular complexity index is 554. The maximum Gasteiger partial charge on any atom is 0.272 e. The summed E-state index contributed by atoms with van der Waals surface area (Å²) in [6.45, 7) is 3.74. The molecule has 2 aromatic rings. The summed E-state index contributed by atoms with van der Waals surface area (Å²) in [4.78, 5) is 14.6. The second-order valence-electron chi connectivity index (χ2n) is 3.99. The van der Waals surface area contributed by atoms with Crippen LogP contribution in [-0.4, -0.2) is 9.91 Å². The molecule has 1 aromatic carbocycles. The molecule has 0 amide bonds. The topological polar surface area (TPSA) is 68.1 Å². The number of nitrogens with one attached hydrogen (secondary N) is 1. The van der Waals surface area contributed by atoms with E-state index < -0.39 is 0 Å². The van der Waals surface area contributed by atoms with Gasteiger partial charge in [-0.2, -0.15) is 0 Å². The van der Waals surface area contributed by atoms with Gasteiger partial charge in [-0.25, -0.2) is 4.98 Å². The lowest BCUT2D eigenvalue weighted by Crippen LogP contribution is -2.06. The molecule has 1 N–H and O–H groups in total. The minimum atomic E-state index is -0.372. The lowest BCUT2D eigenvalue weighted by molar-refractivity contribution is -0.385. The standard InChI is InChI=1S/C12H13N3O2S/c1-8-7-10(3-4-11(8)15(16)17)14-9(2)12-13-5-6-18-12/h3-7,9,14H,1-2H3. The lowest BCUT2D eigenvalue weighted by atomic mass is 10.1. The Morgan fingerprint density at radius 1 is 1.50 bits per heavy atom. The van der Waals surface area contributed by atoms with E-state index >= 15 is 0 Å². The molecule has 0 aliphatic rings. The molecule has 5 nitrogen and oxygen atoms in total. The van der Waals surface area contributed by atoms with Gasteiger partial charge < -0.3 is 5.32 Å². The van der Waals surface area contributed by atoms with E-state index in [9.17, 15) is 10.1 Å². The predicted octanol–water partition coefficient (Wildman–Crippen LogP) is 3.53. The first-order valence-electron chi connectivity index (χ1n) is 5.49. The van der Waals surface area contributed by atoms with Crippen LogP contribution in [0.4, 0.5) is 11.4 Å². The highest BCUT2D eigenvalue weighted by Gasteiger charge is 2.12. The summed E-state index contributed by atoms with van der Waals surface area (Å²) in [5, 5.41) is 16.9. The van der Waals surface area contributed by atoms with Crippen LogP contribution in [0.3, 0.4) is 0 Å². The number of rotatable bonds is 4. The zero-order valence-electron chi connectivity index (χ0n) is 10.1. The minimum absolute atomic E-state index is 0.0888. The van der Waals surface area contributed by atoms with Crippen LogP contribution in [0.1, 0.15) is 23.5 Å². The van der Waals surface area contributed by atoms with Crippen LogP contribution in [-0.2, 0) is 0 Å². The maximum absolute atomic E-state index is 10.7. The van der Waals surface area contributed by atoms with Crippen molar-refractivity contribution in [3.63, 3.8) is 0 Å². The molecule has 0 saturated heterocycles. The van der Waals surface area contributed by atoms with E-state index in [0.29, 0.717) is 5.56 Å². The summed E-state index contributed by atoms with van der Waals surface area (Å²) in [7, 11) is 0. The normalized spacial score (nSPS) is 12.1. The van der Waals surface area contributed by atoms with E-state index in [1.165, 1.54) is 6.07 Å². The van der Waals surface area contributed by atoms with E-state index in [-0.39, 0.29) is 16.7 Å². The van der Waals surface area contributed by atoms with Crippen molar-refractivity contribution in [3.8, 4) is 0 Å². The summed E-state index contributed by atoms with van der Waals surface area (Å²) in [5.41, 5.74) is 1.65. The highest BCUT2D eigenvalue weighted by molar-refractivity contribution is 7.09. The second kappa shape index (κ2) is 5.14. The number of nitro benzene ring substituents is 1. The molecule has 0 bridgehead atoms. The van der Waals surface area contributed by atoms with E-state index in [1.54, 1.807) is 36.6 Å². The van der Waals surface area contributed by atoms with Crippen molar-refractivity contribution >= 4 is 22.7 Å². The van der Waals surface area contributed by atoms with E-state index in [1.807, 2.05) is 12.3 Å². The van der Waals surface area contributed by atoms with Crippen LogP contribution in [0.15, 0.2) is 29.8 Å². The molecule has 2 rings (SSSR count). The van der Waals surface area contributed by atoms with Gasteiger partial charge in [-0.15, -0.1) is 11.3 Å². The SMILES string of the molecule is Cc1cc(NC(C)c2nccs2)ccc1[N+](=O)[O-]. The van der Waals surface area contributed by atoms with E-state index in [0.717, 1.165) is 10.7 Å². The van der Waals surface area contributed by atoms with Gasteiger partial charge in [0.15, 0.2) is 0 Å². The van der Waals surface area contributed by atoms with Crippen molar-refractivity contribution in [2.24, 2.45) is 0 Å². The molecule has 1 unspecified atom stereocenters. The van der Waals surface area contributed by atoms with Gasteiger partial charge >= 0.3 is 0 Å². The quantitative estimate of drug-likeness (QED) is 0.676. The Morgan fingerprint density at radius 3 is 2.83 bits per heavy atom. The van der Waals surface area contributed by atoms with Crippen molar-refractivity contribution in [3.05, 3.63) is 50.5 Å². The molecule has 1 heterocycles. The van der Waals surface area contributed by atoms with Gasteiger partial charge in [0, 0.05) is 28.9 Å². The van der Waals surface area contributed by atoms with Gasteiger partial charge in [0.05, 0.1) is 11.0 Å². The van der Waals surface area contributed by atoms with E-state index in [2.05, 4.69) is 10.3 Å². The smallest absolute Gasteiger partial charge is 0.272 e. The molecule has 1 aromatic heterocycles. The number of benzene rings is 1. The summed E-state index contributed by atoms with van der Waals surface area (Å²) < 4.78 is 0. The average molecular weight is 263 g/mol. The summed E-state index contributed by atoms with van der Waals surface area (Å²) in [6.07, 6.45) is 1.76. The second-order valence-corrected chi connectivity index (χ2v) is 4.92. The number of aromatic nitrogens is 1. The Morgan fingerprint density at radius 2 is 2.28 bits per heavy atom. The van der Waals surface area contributed by atoms with E-state index in [4.69, 9.17) is 0 Å². The predicted molar refractivity (Wildman–Crippen MR) is 72.0 cm³/mol. The van der Waals surface area contributed by atoms with Crippen LogP contribution >= 0.6 is 11.3 Å². The molecule has 18 heavy (non-hydrogen) atoms. The summed E-state index contributed by atoms with van der Waals surface area (Å²) in [6, 6.07) is 5.11. The van der Waals surface area contributed by atoms with Crippen molar-refractivity contribution in [2.45, 2.75) is 19.9 Å². The highest BCUT2D eigenvalue weighted by Crippen LogP contribution is 2.25. The molecule has 94 valence electrons. The number of nitrogens with zero attached hydrogens (tertiary/aromatic N) is 2. The van der Waals surface area contributed by atoms with Gasteiger partial charge in [0.2, 0.25) is 0 Å². The monoisotopic (exact) mass is 263 g/mol. The number of hydrogen-bond donors (Lipinski definition) is 1. The van der Waals surface area contributed by atoms with Gasteiger partial charge in [-0.3, -0.25) is 10.1 Å². The van der Waals surface area contributed by atoms with Crippen molar-refractivity contribution in [1.29, 1.82) is 0 Å². The van der Waals surface area contributed by atoms with Crippen LogP contribution in [0.5, 0.6) is 0 Å². The summed E-state index contributed by atoms with van der Waals surface area (Å²) in [5.74, 6) is 0. The number of hydrogen-bond acceptors (Lipinski definition) is 5. The van der Waals surface area contributed by atoms with Crippen LogP contribution in [0.2, 0.25) is 0 Å². The Labute approximate surface area is 109 Å². The largest absolute Gasteiger partial charge is 0.376 e. The lowest BCUT2D eigenvalue weighted by Gasteiger charge is -2.13. The fraction of sp³-hybridized carbons (Fsp3) is 0.250. The molecule has 0 saturated carbocycles. The Hall–Kier alpha value is -1.95. The molecular weight excluding hydrogens is 250 g/mol. The van der Waals surface area contributed by atoms with Gasteiger partial charge in [0.1, 0.15) is 5.01 Å². The first-order chi connectivity index (χ1) is 8.58. The van der Waals surface area contributed by atoms with Gasteiger partial charge in [0.25, 0.3) is 5.69 Å². The highest BCUT2D eigenvalue weighted by atomic mass is 32.1. The van der Waals surface area contributed by atoms with Crippen molar-refractivity contribution < 1.29 is 4.92 Å². The van der Waals surface area contributed by atoms with Crippen molar-refractivity contribution in [1.82, 2.24) is 4.98 Å². The zero-order valence-corrected chi connectivity index (χ0v) is 10.9. The fourth-order valence-electron chi connectivity index (χ4n) is 1.71. The van der Waals surface area contributed by atoms with Crippen LogP contribution < -0.4 is 5.32 Å². The van der Waals surface area contributed by atoms with Crippen LogP contribution in [0, 0.1) is 17.0 Å². The molecule has 0 spiro atoms. The Kier molecular flexibility index (Phi) is 3.57. The fourth-order valence-corrected chi connectivity index (χ4v) is 2.36. The number of thiazole rings is 1. The Balaban J connectivity index is 2.15. The third-order valence-electron chi connectivity index (χ3n) is 2.60. The first kappa shape index (κ1) is 12.5. The minimum Gasteiger partial charge on any atom is -0.376 e. The van der Waals surface area contributed by atoms with Crippen molar-refractivity contribution in [2.75, 3.05) is 5.32 Å². The summed E-state index contributed by atoms with van der Waals surface area (Å²) >= 11 is 1.58. The number of anilines is 1. The zero-order chi connectivity index (χ0) is 13.1. The molecule has 6 heteroatoms. The molecular formula is C12H13N3O2S. The number of aryl methyl sites for hydroxylation is 1. The first-order valence-corrected chi connectivity index (χ1v) is 6.37.